The molecular formula is C14H21ClN2O. The van der Waals surface area contributed by atoms with Gasteiger partial charge in [-0.1, -0.05) is 37.1 Å². The Labute approximate surface area is 114 Å². The Bertz CT molecular complexity index is 395. The van der Waals surface area contributed by atoms with E-state index in [2.05, 4.69) is 17.6 Å². The summed E-state index contributed by atoms with van der Waals surface area (Å²) in [6.07, 6.45) is 2.05. The molecule has 4 heteroatoms. The number of carbonyl (C=O) groups is 1. The van der Waals surface area contributed by atoms with Crippen molar-refractivity contribution < 1.29 is 4.79 Å². The highest BCUT2D eigenvalue weighted by Crippen LogP contribution is 2.21. The normalized spacial score (nSPS) is 13.8. The molecule has 0 heterocycles. The van der Waals surface area contributed by atoms with Crippen LogP contribution in [0.15, 0.2) is 24.3 Å². The number of benzene rings is 1. The lowest BCUT2D eigenvalue weighted by molar-refractivity contribution is -0.122. The van der Waals surface area contributed by atoms with Crippen molar-refractivity contribution >= 4 is 23.2 Å². The minimum absolute atomic E-state index is 0.00382. The van der Waals surface area contributed by atoms with Crippen LogP contribution in [0.3, 0.4) is 0 Å². The van der Waals surface area contributed by atoms with Gasteiger partial charge in [-0.2, -0.15) is 0 Å². The van der Waals surface area contributed by atoms with Crippen LogP contribution in [0.2, 0.25) is 5.02 Å². The number of anilines is 1. The number of hydrogen-bond acceptors (Lipinski definition) is 2. The lowest BCUT2D eigenvalue weighted by Gasteiger charge is -2.19. The van der Waals surface area contributed by atoms with E-state index in [4.69, 9.17) is 11.6 Å². The molecule has 100 valence electrons. The lowest BCUT2D eigenvalue weighted by atomic mass is 10.2. The van der Waals surface area contributed by atoms with Crippen LogP contribution in [0.1, 0.15) is 33.6 Å². The van der Waals surface area contributed by atoms with Crippen LogP contribution in [0.5, 0.6) is 0 Å². The van der Waals surface area contributed by atoms with Crippen LogP contribution in [0.25, 0.3) is 0 Å². The maximum absolute atomic E-state index is 11.9. The second-order valence-corrected chi connectivity index (χ2v) is 4.95. The maximum atomic E-state index is 11.9. The van der Waals surface area contributed by atoms with E-state index in [1.54, 1.807) is 6.07 Å². The molecule has 1 rings (SSSR count). The van der Waals surface area contributed by atoms with Gasteiger partial charge in [0.15, 0.2) is 0 Å². The monoisotopic (exact) mass is 268 g/mol. The Morgan fingerprint density at radius 3 is 2.61 bits per heavy atom. The number of rotatable bonds is 6. The van der Waals surface area contributed by atoms with E-state index in [0.717, 1.165) is 18.5 Å². The second kappa shape index (κ2) is 7.27. The number of hydrogen-bond donors (Lipinski definition) is 2. The highest BCUT2D eigenvalue weighted by Gasteiger charge is 2.15. The summed E-state index contributed by atoms with van der Waals surface area (Å²) in [5, 5.41) is 6.71. The standard InChI is InChI=1S/C14H21ClN2O/c1-4-7-10(2)16-14(18)11(3)17-13-9-6-5-8-12(13)15/h5-6,8-11,17H,4,7H2,1-3H3,(H,16,18). The first-order valence-electron chi connectivity index (χ1n) is 6.36. The molecule has 18 heavy (non-hydrogen) atoms. The predicted molar refractivity (Wildman–Crippen MR) is 77.0 cm³/mol. The van der Waals surface area contributed by atoms with Gasteiger partial charge in [-0.25, -0.2) is 0 Å². The third kappa shape index (κ3) is 4.57. The van der Waals surface area contributed by atoms with Crippen molar-refractivity contribution in [2.75, 3.05) is 5.32 Å². The molecule has 1 amide bonds. The summed E-state index contributed by atoms with van der Waals surface area (Å²) in [7, 11) is 0. The zero-order valence-electron chi connectivity index (χ0n) is 11.2. The molecule has 0 saturated heterocycles. The van der Waals surface area contributed by atoms with Gasteiger partial charge in [0.25, 0.3) is 0 Å². The van der Waals surface area contributed by atoms with E-state index in [9.17, 15) is 4.79 Å². The molecule has 0 aliphatic heterocycles. The van der Waals surface area contributed by atoms with E-state index in [0.29, 0.717) is 5.02 Å². The third-order valence-corrected chi connectivity index (χ3v) is 3.08. The SMILES string of the molecule is CCCC(C)NC(=O)C(C)Nc1ccccc1Cl. The summed E-state index contributed by atoms with van der Waals surface area (Å²) in [5.41, 5.74) is 0.782. The Balaban J connectivity index is 2.52. The Morgan fingerprint density at radius 1 is 1.33 bits per heavy atom. The van der Waals surface area contributed by atoms with Crippen LogP contribution in [-0.4, -0.2) is 18.0 Å². The molecule has 0 aliphatic carbocycles. The first-order valence-corrected chi connectivity index (χ1v) is 6.73. The molecule has 1 aromatic carbocycles. The number of nitrogens with one attached hydrogen (secondary N) is 2. The first-order chi connectivity index (χ1) is 8.54. The van der Waals surface area contributed by atoms with E-state index < -0.39 is 0 Å². The van der Waals surface area contributed by atoms with Gasteiger partial charge in [0.05, 0.1) is 10.7 Å². The molecule has 2 N–H and O–H groups in total. The topological polar surface area (TPSA) is 41.1 Å². The van der Waals surface area contributed by atoms with Gasteiger partial charge in [0.1, 0.15) is 6.04 Å². The Hall–Kier alpha value is -1.22. The van der Waals surface area contributed by atoms with Gasteiger partial charge in [-0.05, 0) is 32.4 Å². The van der Waals surface area contributed by atoms with Crippen molar-refractivity contribution in [1.82, 2.24) is 5.32 Å². The highest BCUT2D eigenvalue weighted by atomic mass is 35.5. The molecule has 0 bridgehead atoms. The fraction of sp³-hybridized carbons (Fsp3) is 0.500. The largest absolute Gasteiger partial charge is 0.373 e. The smallest absolute Gasteiger partial charge is 0.242 e. The van der Waals surface area contributed by atoms with Crippen LogP contribution in [0, 0.1) is 0 Å². The average Bonchev–Trinajstić information content (AvgIpc) is 2.32. The number of amides is 1. The molecule has 3 nitrogen and oxygen atoms in total. The second-order valence-electron chi connectivity index (χ2n) is 4.54. The molecule has 0 spiro atoms. The molecule has 0 aliphatic rings. The van der Waals surface area contributed by atoms with Gasteiger partial charge in [0.2, 0.25) is 5.91 Å². The molecule has 0 fully saturated rings. The summed E-state index contributed by atoms with van der Waals surface area (Å²) < 4.78 is 0. The van der Waals surface area contributed by atoms with E-state index in [1.807, 2.05) is 32.0 Å². The molecular weight excluding hydrogens is 248 g/mol. The van der Waals surface area contributed by atoms with Gasteiger partial charge >= 0.3 is 0 Å². The van der Waals surface area contributed by atoms with Crippen LogP contribution in [-0.2, 0) is 4.79 Å². The average molecular weight is 269 g/mol. The summed E-state index contributed by atoms with van der Waals surface area (Å²) in [4.78, 5) is 11.9. The minimum Gasteiger partial charge on any atom is -0.373 e. The zero-order valence-corrected chi connectivity index (χ0v) is 11.9. The van der Waals surface area contributed by atoms with Gasteiger partial charge in [-0.3, -0.25) is 4.79 Å². The minimum atomic E-state index is -0.302. The number of carbonyl (C=O) groups excluding carboxylic acids is 1. The van der Waals surface area contributed by atoms with Crippen molar-refractivity contribution in [1.29, 1.82) is 0 Å². The van der Waals surface area contributed by atoms with Crippen LogP contribution in [0.4, 0.5) is 5.69 Å². The van der Waals surface area contributed by atoms with E-state index >= 15 is 0 Å². The highest BCUT2D eigenvalue weighted by molar-refractivity contribution is 6.33. The molecule has 2 atom stereocenters. The van der Waals surface area contributed by atoms with Gasteiger partial charge in [0, 0.05) is 6.04 Å². The van der Waals surface area contributed by atoms with Crippen molar-refractivity contribution in [3.63, 3.8) is 0 Å². The van der Waals surface area contributed by atoms with Gasteiger partial charge in [-0.15, -0.1) is 0 Å². The Kier molecular flexibility index (Phi) is 5.99. The zero-order chi connectivity index (χ0) is 13.5. The summed E-state index contributed by atoms with van der Waals surface area (Å²) >= 11 is 6.03. The Morgan fingerprint density at radius 2 is 2.00 bits per heavy atom. The molecule has 0 radical (unpaired) electrons. The lowest BCUT2D eigenvalue weighted by Crippen LogP contribution is -2.42. The van der Waals surface area contributed by atoms with Crippen molar-refractivity contribution in [3.8, 4) is 0 Å². The number of para-hydroxylation sites is 1. The van der Waals surface area contributed by atoms with Crippen molar-refractivity contribution in [2.45, 2.75) is 45.7 Å². The van der Waals surface area contributed by atoms with Crippen molar-refractivity contribution in [3.05, 3.63) is 29.3 Å². The van der Waals surface area contributed by atoms with Crippen molar-refractivity contribution in [2.24, 2.45) is 0 Å². The number of halogens is 1. The summed E-state index contributed by atoms with van der Waals surface area (Å²) in [5.74, 6) is -0.00382. The van der Waals surface area contributed by atoms with E-state index in [-0.39, 0.29) is 18.0 Å². The molecule has 0 aromatic heterocycles. The summed E-state index contributed by atoms with van der Waals surface area (Å²) in [6.45, 7) is 5.95. The predicted octanol–water partition coefficient (Wildman–Crippen LogP) is 3.45. The maximum Gasteiger partial charge on any atom is 0.242 e. The summed E-state index contributed by atoms with van der Waals surface area (Å²) in [6, 6.07) is 7.32. The third-order valence-electron chi connectivity index (χ3n) is 2.75. The molecule has 2 unspecified atom stereocenters. The van der Waals surface area contributed by atoms with E-state index in [1.165, 1.54) is 0 Å². The fourth-order valence-corrected chi connectivity index (χ4v) is 1.94. The first kappa shape index (κ1) is 14.8. The van der Waals surface area contributed by atoms with Crippen LogP contribution < -0.4 is 10.6 Å². The van der Waals surface area contributed by atoms with Crippen LogP contribution >= 0.6 is 11.6 Å². The molecule has 1 aromatic rings. The van der Waals surface area contributed by atoms with Gasteiger partial charge < -0.3 is 10.6 Å². The molecule has 0 saturated carbocycles. The fourth-order valence-electron chi connectivity index (χ4n) is 1.75. The quantitative estimate of drug-likeness (QED) is 0.830.